The number of carbonyl (C=O) groups is 1. The first-order valence-corrected chi connectivity index (χ1v) is 7.69. The van der Waals surface area contributed by atoms with Crippen molar-refractivity contribution in [1.82, 2.24) is 0 Å². The highest BCUT2D eigenvalue weighted by Crippen LogP contribution is 2.27. The van der Waals surface area contributed by atoms with Crippen molar-refractivity contribution in [2.24, 2.45) is 0 Å². The number of alkyl halides is 3. The molecule has 0 aliphatic heterocycles. The van der Waals surface area contributed by atoms with Crippen molar-refractivity contribution in [3.8, 4) is 5.75 Å². The number of anilines is 1. The molecular weight excluding hydrogens is 359 g/mol. The Balaban J connectivity index is 1.97. The van der Waals surface area contributed by atoms with E-state index in [1.165, 1.54) is 24.3 Å². The van der Waals surface area contributed by atoms with Crippen LogP contribution in [0.15, 0.2) is 42.5 Å². The van der Waals surface area contributed by atoms with E-state index in [-0.39, 0.29) is 36.7 Å². The summed E-state index contributed by atoms with van der Waals surface area (Å²) in [6.45, 7) is -0.219. The zero-order valence-corrected chi connectivity index (χ0v) is 13.7. The lowest BCUT2D eigenvalue weighted by atomic mass is 10.1. The monoisotopic (exact) mass is 373 g/mol. The molecule has 2 rings (SSSR count). The number of amides is 1. The van der Waals surface area contributed by atoms with E-state index in [0.717, 1.165) is 0 Å². The fourth-order valence-electron chi connectivity index (χ4n) is 2.16. The summed E-state index contributed by atoms with van der Waals surface area (Å²) in [7, 11) is 0. The van der Waals surface area contributed by atoms with E-state index in [9.17, 15) is 18.0 Å². The predicted octanol–water partition coefficient (Wildman–Crippen LogP) is 4.30. The Morgan fingerprint density at radius 2 is 1.88 bits per heavy atom. The minimum absolute atomic E-state index is 0.0302. The van der Waals surface area contributed by atoms with Crippen LogP contribution in [0.5, 0.6) is 5.75 Å². The average molecular weight is 374 g/mol. The number of carbonyl (C=O) groups excluding carboxylic acids is 1. The van der Waals surface area contributed by atoms with Gasteiger partial charge >= 0.3 is 6.36 Å². The van der Waals surface area contributed by atoms with Gasteiger partial charge in [-0.15, -0.1) is 13.2 Å². The lowest BCUT2D eigenvalue weighted by Crippen LogP contribution is -2.18. The molecule has 0 aliphatic carbocycles. The fraction of sp³-hybridized carbons (Fsp3) is 0.235. The Bertz CT molecular complexity index is 750. The van der Waals surface area contributed by atoms with Gasteiger partial charge in [0.2, 0.25) is 5.91 Å². The fourth-order valence-corrected chi connectivity index (χ4v) is 2.40. The summed E-state index contributed by atoms with van der Waals surface area (Å²) in [5, 5.41) is 12.0. The van der Waals surface area contributed by atoms with Gasteiger partial charge in [0.1, 0.15) is 5.75 Å². The van der Waals surface area contributed by atoms with Gasteiger partial charge in [-0.1, -0.05) is 35.9 Å². The smallest absolute Gasteiger partial charge is 0.406 e. The van der Waals surface area contributed by atoms with Crippen LogP contribution in [-0.2, 0) is 17.8 Å². The highest BCUT2D eigenvalue weighted by atomic mass is 35.5. The summed E-state index contributed by atoms with van der Waals surface area (Å²) < 4.78 is 41.1. The average Bonchev–Trinajstić information content (AvgIpc) is 2.53. The lowest BCUT2D eigenvalue weighted by molar-refractivity contribution is -0.274. The van der Waals surface area contributed by atoms with Gasteiger partial charge in [-0.25, -0.2) is 0 Å². The van der Waals surface area contributed by atoms with Crippen LogP contribution >= 0.6 is 11.6 Å². The molecule has 1 amide bonds. The maximum Gasteiger partial charge on any atom is 0.573 e. The summed E-state index contributed by atoms with van der Waals surface area (Å²) in [4.78, 5) is 12.0. The molecule has 4 nitrogen and oxygen atoms in total. The number of aryl methyl sites for hydroxylation is 1. The molecule has 25 heavy (non-hydrogen) atoms. The Morgan fingerprint density at radius 3 is 2.52 bits per heavy atom. The molecule has 0 unspecified atom stereocenters. The minimum atomic E-state index is -4.79. The first kappa shape index (κ1) is 19.1. The summed E-state index contributed by atoms with van der Waals surface area (Å²) in [6.07, 6.45) is -4.73. The number of nitrogens with one attached hydrogen (secondary N) is 1. The quantitative estimate of drug-likeness (QED) is 0.793. The van der Waals surface area contributed by atoms with Crippen molar-refractivity contribution < 1.29 is 27.8 Å². The van der Waals surface area contributed by atoms with Crippen LogP contribution in [0.4, 0.5) is 18.9 Å². The zero-order valence-electron chi connectivity index (χ0n) is 12.9. The van der Waals surface area contributed by atoms with E-state index in [0.29, 0.717) is 16.3 Å². The highest BCUT2D eigenvalue weighted by molar-refractivity contribution is 6.31. The van der Waals surface area contributed by atoms with Crippen molar-refractivity contribution >= 4 is 23.2 Å². The van der Waals surface area contributed by atoms with E-state index in [1.54, 1.807) is 18.2 Å². The van der Waals surface area contributed by atoms with E-state index >= 15 is 0 Å². The van der Waals surface area contributed by atoms with Gasteiger partial charge in [-0.3, -0.25) is 4.79 Å². The van der Waals surface area contributed by atoms with Crippen molar-refractivity contribution in [1.29, 1.82) is 0 Å². The number of para-hydroxylation sites is 1. The van der Waals surface area contributed by atoms with Crippen LogP contribution in [0.1, 0.15) is 17.5 Å². The SMILES string of the molecule is O=C(CCc1ccccc1OC(F)(F)F)Nc1ccc(CO)c(Cl)c1. The standard InChI is InChI=1S/C17H15ClF3NO3/c18-14-9-13(7-5-12(14)10-23)22-16(24)8-6-11-3-1-2-4-15(11)25-17(19,20)21/h1-5,7,9,23H,6,8,10H2,(H,22,24). The predicted molar refractivity (Wildman–Crippen MR) is 87.5 cm³/mol. The number of rotatable bonds is 6. The first-order chi connectivity index (χ1) is 11.8. The van der Waals surface area contributed by atoms with Crippen LogP contribution in [-0.4, -0.2) is 17.4 Å². The van der Waals surface area contributed by atoms with Gasteiger partial charge in [0.15, 0.2) is 0 Å². The Hall–Kier alpha value is -2.25. The Morgan fingerprint density at radius 1 is 1.16 bits per heavy atom. The normalized spacial score (nSPS) is 11.2. The summed E-state index contributed by atoms with van der Waals surface area (Å²) in [5.41, 5.74) is 1.24. The van der Waals surface area contributed by atoms with Gasteiger partial charge in [0.25, 0.3) is 0 Å². The number of aliphatic hydroxyl groups excluding tert-OH is 1. The van der Waals surface area contributed by atoms with Crippen LogP contribution in [0.2, 0.25) is 5.02 Å². The highest BCUT2D eigenvalue weighted by Gasteiger charge is 2.31. The number of aliphatic hydroxyl groups is 1. The van der Waals surface area contributed by atoms with Gasteiger partial charge < -0.3 is 15.2 Å². The molecular formula is C17H15ClF3NO3. The van der Waals surface area contributed by atoms with Crippen LogP contribution in [0.3, 0.4) is 0 Å². The zero-order chi connectivity index (χ0) is 18.4. The second kappa shape index (κ2) is 8.22. The van der Waals surface area contributed by atoms with Crippen molar-refractivity contribution in [3.05, 3.63) is 58.6 Å². The molecule has 134 valence electrons. The van der Waals surface area contributed by atoms with Crippen molar-refractivity contribution in [3.63, 3.8) is 0 Å². The van der Waals surface area contributed by atoms with Crippen LogP contribution < -0.4 is 10.1 Å². The number of hydrogen-bond acceptors (Lipinski definition) is 3. The molecule has 0 aliphatic rings. The summed E-state index contributed by atoms with van der Waals surface area (Å²) >= 11 is 5.93. The molecule has 0 heterocycles. The molecule has 0 bridgehead atoms. The largest absolute Gasteiger partial charge is 0.573 e. The third-order valence-electron chi connectivity index (χ3n) is 3.33. The van der Waals surface area contributed by atoms with E-state index in [1.807, 2.05) is 0 Å². The van der Waals surface area contributed by atoms with E-state index in [2.05, 4.69) is 10.1 Å². The molecule has 0 spiro atoms. The van der Waals surface area contributed by atoms with Crippen LogP contribution in [0, 0.1) is 0 Å². The lowest BCUT2D eigenvalue weighted by Gasteiger charge is -2.13. The van der Waals surface area contributed by atoms with Gasteiger partial charge in [0, 0.05) is 17.1 Å². The number of halogens is 4. The molecule has 8 heteroatoms. The third-order valence-corrected chi connectivity index (χ3v) is 3.68. The van der Waals surface area contributed by atoms with E-state index < -0.39 is 6.36 Å². The topological polar surface area (TPSA) is 58.6 Å². The van der Waals surface area contributed by atoms with Gasteiger partial charge in [-0.05, 0) is 35.7 Å². The molecule has 2 aromatic rings. The van der Waals surface area contributed by atoms with Crippen LogP contribution in [0.25, 0.3) is 0 Å². The molecule has 0 saturated heterocycles. The molecule has 0 atom stereocenters. The number of ether oxygens (including phenoxy) is 1. The maximum atomic E-state index is 12.4. The third kappa shape index (κ3) is 5.95. The summed E-state index contributed by atoms with van der Waals surface area (Å²) in [5.74, 6) is -0.701. The minimum Gasteiger partial charge on any atom is -0.406 e. The van der Waals surface area contributed by atoms with Crippen molar-refractivity contribution in [2.45, 2.75) is 25.8 Å². The molecule has 0 aromatic heterocycles. The maximum absolute atomic E-state index is 12.4. The first-order valence-electron chi connectivity index (χ1n) is 7.31. The van der Waals surface area contributed by atoms with E-state index in [4.69, 9.17) is 16.7 Å². The molecule has 0 saturated carbocycles. The summed E-state index contributed by atoms with van der Waals surface area (Å²) in [6, 6.07) is 10.3. The van der Waals surface area contributed by atoms with Gasteiger partial charge in [0.05, 0.1) is 6.61 Å². The Labute approximate surface area is 147 Å². The molecule has 2 aromatic carbocycles. The molecule has 0 radical (unpaired) electrons. The molecule has 2 N–H and O–H groups in total. The second-order valence-corrected chi connectivity index (χ2v) is 5.58. The number of hydrogen-bond donors (Lipinski definition) is 2. The van der Waals surface area contributed by atoms with Gasteiger partial charge in [-0.2, -0.15) is 0 Å². The number of benzene rings is 2. The molecule has 0 fully saturated rings. The Kier molecular flexibility index (Phi) is 6.27. The van der Waals surface area contributed by atoms with Crippen molar-refractivity contribution in [2.75, 3.05) is 5.32 Å². The second-order valence-electron chi connectivity index (χ2n) is 5.17.